The number of amides is 1. The van der Waals surface area contributed by atoms with E-state index in [0.717, 1.165) is 17.3 Å². The first-order valence-electron chi connectivity index (χ1n) is 6.66. The van der Waals surface area contributed by atoms with Gasteiger partial charge in [-0.3, -0.25) is 4.79 Å². The Kier molecular flexibility index (Phi) is 8.40. The van der Waals surface area contributed by atoms with Crippen LogP contribution < -0.4 is 11.1 Å². The zero-order valence-corrected chi connectivity index (χ0v) is 14.7. The minimum atomic E-state index is -0.400. The predicted octanol–water partition coefficient (Wildman–Crippen LogP) is 3.39. The second-order valence-corrected chi connectivity index (χ2v) is 6.42. The van der Waals surface area contributed by atoms with Crippen LogP contribution in [-0.4, -0.2) is 18.5 Å². The summed E-state index contributed by atoms with van der Waals surface area (Å²) in [5.74, 6) is -0.0649. The molecule has 3 N–H and O–H groups in total. The smallest absolute Gasteiger partial charge is 0.236 e. The van der Waals surface area contributed by atoms with Crippen molar-refractivity contribution in [3.05, 3.63) is 34.3 Å². The van der Waals surface area contributed by atoms with Gasteiger partial charge in [0.1, 0.15) is 0 Å². The van der Waals surface area contributed by atoms with E-state index in [4.69, 9.17) is 5.73 Å². The topological polar surface area (TPSA) is 55.1 Å². The molecule has 0 aliphatic carbocycles. The molecular weight excluding hydrogens is 340 g/mol. The standard InChI is InChI=1S/C15H23BrN2O.ClH/c1-4-6-13(17)14(19)18-10-15(2,3)11-7-5-8-12(16)9-11;/h5,7-9,13H,4,6,10,17H2,1-3H3,(H,18,19);1H. The van der Waals surface area contributed by atoms with Gasteiger partial charge in [0, 0.05) is 16.4 Å². The molecule has 114 valence electrons. The van der Waals surface area contributed by atoms with Crippen LogP contribution in [0.3, 0.4) is 0 Å². The third kappa shape index (κ3) is 5.81. The van der Waals surface area contributed by atoms with E-state index in [0.29, 0.717) is 6.54 Å². The van der Waals surface area contributed by atoms with Crippen LogP contribution in [0.2, 0.25) is 0 Å². The molecule has 1 aromatic rings. The van der Waals surface area contributed by atoms with Crippen molar-refractivity contribution in [3.8, 4) is 0 Å². The Balaban J connectivity index is 0.00000361. The van der Waals surface area contributed by atoms with Crippen LogP contribution >= 0.6 is 28.3 Å². The van der Waals surface area contributed by atoms with E-state index in [1.54, 1.807) is 0 Å². The average molecular weight is 364 g/mol. The van der Waals surface area contributed by atoms with Crippen molar-refractivity contribution >= 4 is 34.2 Å². The Labute approximate surface area is 136 Å². The quantitative estimate of drug-likeness (QED) is 0.814. The number of hydrogen-bond acceptors (Lipinski definition) is 2. The number of rotatable bonds is 6. The lowest BCUT2D eigenvalue weighted by Crippen LogP contribution is -2.45. The summed E-state index contributed by atoms with van der Waals surface area (Å²) < 4.78 is 1.05. The van der Waals surface area contributed by atoms with Crippen molar-refractivity contribution in [1.29, 1.82) is 0 Å². The van der Waals surface area contributed by atoms with E-state index < -0.39 is 6.04 Å². The minimum absolute atomic E-state index is 0. The van der Waals surface area contributed by atoms with Crippen LogP contribution in [0.5, 0.6) is 0 Å². The van der Waals surface area contributed by atoms with Crippen LogP contribution in [0.25, 0.3) is 0 Å². The Morgan fingerprint density at radius 1 is 1.45 bits per heavy atom. The molecule has 5 heteroatoms. The van der Waals surface area contributed by atoms with Crippen LogP contribution in [-0.2, 0) is 10.2 Å². The largest absolute Gasteiger partial charge is 0.354 e. The van der Waals surface area contributed by atoms with Gasteiger partial charge in [-0.2, -0.15) is 0 Å². The number of hydrogen-bond donors (Lipinski definition) is 2. The first-order valence-corrected chi connectivity index (χ1v) is 7.45. The highest BCUT2D eigenvalue weighted by Crippen LogP contribution is 2.25. The highest BCUT2D eigenvalue weighted by atomic mass is 79.9. The molecule has 0 saturated heterocycles. The summed E-state index contributed by atoms with van der Waals surface area (Å²) in [4.78, 5) is 11.8. The van der Waals surface area contributed by atoms with Gasteiger partial charge in [-0.15, -0.1) is 12.4 Å². The maximum atomic E-state index is 11.8. The van der Waals surface area contributed by atoms with Gasteiger partial charge in [-0.05, 0) is 24.1 Å². The van der Waals surface area contributed by atoms with Gasteiger partial charge < -0.3 is 11.1 Å². The van der Waals surface area contributed by atoms with E-state index in [1.165, 1.54) is 5.56 Å². The van der Waals surface area contributed by atoms with E-state index in [9.17, 15) is 4.79 Å². The number of benzene rings is 1. The lowest BCUT2D eigenvalue weighted by Gasteiger charge is -2.26. The van der Waals surface area contributed by atoms with Crippen LogP contribution in [0.15, 0.2) is 28.7 Å². The summed E-state index contributed by atoms with van der Waals surface area (Å²) >= 11 is 3.47. The van der Waals surface area contributed by atoms with Crippen molar-refractivity contribution in [2.45, 2.75) is 45.1 Å². The molecular formula is C15H24BrClN2O. The lowest BCUT2D eigenvalue weighted by atomic mass is 9.84. The number of halogens is 2. The third-order valence-corrected chi connectivity index (χ3v) is 3.74. The van der Waals surface area contributed by atoms with Crippen LogP contribution in [0, 0.1) is 0 Å². The fraction of sp³-hybridized carbons (Fsp3) is 0.533. The second-order valence-electron chi connectivity index (χ2n) is 5.51. The fourth-order valence-corrected chi connectivity index (χ4v) is 2.29. The lowest BCUT2D eigenvalue weighted by molar-refractivity contribution is -0.122. The SMILES string of the molecule is CCCC(N)C(=O)NCC(C)(C)c1cccc(Br)c1.Cl. The first-order chi connectivity index (χ1) is 8.86. The Morgan fingerprint density at radius 3 is 2.65 bits per heavy atom. The molecule has 0 saturated carbocycles. The van der Waals surface area contributed by atoms with Gasteiger partial charge in [0.25, 0.3) is 0 Å². The molecule has 20 heavy (non-hydrogen) atoms. The number of carbonyl (C=O) groups excluding carboxylic acids is 1. The Hall–Kier alpha value is -0.580. The van der Waals surface area contributed by atoms with Crippen LogP contribution in [0.4, 0.5) is 0 Å². The maximum absolute atomic E-state index is 11.8. The average Bonchev–Trinajstić information content (AvgIpc) is 2.36. The molecule has 0 aliphatic rings. The molecule has 1 amide bonds. The van der Waals surface area contributed by atoms with Crippen molar-refractivity contribution in [3.63, 3.8) is 0 Å². The molecule has 1 aromatic carbocycles. The molecule has 1 atom stereocenters. The predicted molar refractivity (Wildman–Crippen MR) is 90.3 cm³/mol. The van der Waals surface area contributed by atoms with Crippen molar-refractivity contribution in [2.24, 2.45) is 5.73 Å². The summed E-state index contributed by atoms with van der Waals surface area (Å²) in [6.07, 6.45) is 1.65. The number of nitrogens with one attached hydrogen (secondary N) is 1. The molecule has 0 aromatic heterocycles. The molecule has 1 unspecified atom stereocenters. The van der Waals surface area contributed by atoms with Crippen LogP contribution in [0.1, 0.15) is 39.2 Å². The van der Waals surface area contributed by atoms with Crippen molar-refractivity contribution in [2.75, 3.05) is 6.54 Å². The number of nitrogens with two attached hydrogens (primary N) is 1. The first kappa shape index (κ1) is 19.4. The fourth-order valence-electron chi connectivity index (χ4n) is 1.89. The van der Waals surface area contributed by atoms with Gasteiger partial charge in [-0.25, -0.2) is 0 Å². The van der Waals surface area contributed by atoms with E-state index in [2.05, 4.69) is 47.2 Å². The molecule has 0 radical (unpaired) electrons. The van der Waals surface area contributed by atoms with E-state index in [-0.39, 0.29) is 23.7 Å². The minimum Gasteiger partial charge on any atom is -0.354 e. The highest BCUT2D eigenvalue weighted by molar-refractivity contribution is 9.10. The zero-order chi connectivity index (χ0) is 14.5. The van der Waals surface area contributed by atoms with Gasteiger partial charge in [-0.1, -0.05) is 55.3 Å². The summed E-state index contributed by atoms with van der Waals surface area (Å²) in [7, 11) is 0. The van der Waals surface area contributed by atoms with Gasteiger partial charge in [0.15, 0.2) is 0 Å². The zero-order valence-electron chi connectivity index (χ0n) is 12.3. The van der Waals surface area contributed by atoms with Gasteiger partial charge in [0.05, 0.1) is 6.04 Å². The second kappa shape index (κ2) is 8.65. The maximum Gasteiger partial charge on any atom is 0.236 e. The van der Waals surface area contributed by atoms with Gasteiger partial charge >= 0.3 is 0 Å². The molecule has 0 heterocycles. The monoisotopic (exact) mass is 362 g/mol. The normalized spacial score (nSPS) is 12.4. The molecule has 0 bridgehead atoms. The molecule has 0 aliphatic heterocycles. The van der Waals surface area contributed by atoms with Gasteiger partial charge in [0.2, 0.25) is 5.91 Å². The molecule has 0 spiro atoms. The highest BCUT2D eigenvalue weighted by Gasteiger charge is 2.22. The number of carbonyl (C=O) groups is 1. The molecule has 3 nitrogen and oxygen atoms in total. The Morgan fingerprint density at radius 2 is 2.10 bits per heavy atom. The summed E-state index contributed by atoms with van der Waals surface area (Å²) in [5, 5.41) is 2.95. The van der Waals surface area contributed by atoms with E-state index in [1.807, 2.05) is 19.1 Å². The summed E-state index contributed by atoms with van der Waals surface area (Å²) in [6, 6.07) is 7.76. The Bertz CT molecular complexity index is 438. The molecule has 1 rings (SSSR count). The van der Waals surface area contributed by atoms with E-state index >= 15 is 0 Å². The summed E-state index contributed by atoms with van der Waals surface area (Å²) in [5.41, 5.74) is 6.87. The van der Waals surface area contributed by atoms with Crippen molar-refractivity contribution in [1.82, 2.24) is 5.32 Å². The third-order valence-electron chi connectivity index (χ3n) is 3.25. The summed E-state index contributed by atoms with van der Waals surface area (Å²) in [6.45, 7) is 6.83. The molecule has 0 fully saturated rings. The van der Waals surface area contributed by atoms with Crippen molar-refractivity contribution < 1.29 is 4.79 Å².